The standard InChI is InChI=1S/C18H16FN3O2S2/c19-13-5-3-12(4-6-13)15-7-8-16(24-15)17(23)21-22-18(25)20-10-9-14-2-1-11-26-14/h1-8,11H,9-10H2,(H,21,23)(H2,20,22,25). The normalized spacial score (nSPS) is 10.3. The van der Waals surface area contributed by atoms with Gasteiger partial charge in [0.25, 0.3) is 0 Å². The molecule has 134 valence electrons. The molecule has 0 radical (unpaired) electrons. The summed E-state index contributed by atoms with van der Waals surface area (Å²) in [6.07, 6.45) is 0.854. The molecular formula is C18H16FN3O2S2. The average Bonchev–Trinajstić information content (AvgIpc) is 3.32. The van der Waals surface area contributed by atoms with Gasteiger partial charge in [-0.1, -0.05) is 6.07 Å². The van der Waals surface area contributed by atoms with Crippen LogP contribution in [0.3, 0.4) is 0 Å². The zero-order chi connectivity index (χ0) is 18.4. The summed E-state index contributed by atoms with van der Waals surface area (Å²) in [6, 6.07) is 13.1. The van der Waals surface area contributed by atoms with Crippen LogP contribution in [0.2, 0.25) is 0 Å². The van der Waals surface area contributed by atoms with Gasteiger partial charge >= 0.3 is 5.91 Å². The van der Waals surface area contributed by atoms with E-state index in [0.29, 0.717) is 23.0 Å². The number of rotatable bonds is 5. The molecule has 2 heterocycles. The molecule has 0 aliphatic carbocycles. The van der Waals surface area contributed by atoms with Crippen LogP contribution in [0, 0.1) is 5.82 Å². The molecule has 0 bridgehead atoms. The van der Waals surface area contributed by atoms with E-state index in [1.807, 2.05) is 11.4 Å². The minimum atomic E-state index is -0.458. The van der Waals surface area contributed by atoms with Crippen molar-refractivity contribution in [2.45, 2.75) is 6.42 Å². The molecule has 0 aliphatic rings. The maximum atomic E-state index is 13.0. The lowest BCUT2D eigenvalue weighted by atomic mass is 10.2. The fourth-order valence-corrected chi connectivity index (χ4v) is 3.06. The lowest BCUT2D eigenvalue weighted by Gasteiger charge is -2.10. The van der Waals surface area contributed by atoms with Crippen molar-refractivity contribution >= 4 is 34.6 Å². The van der Waals surface area contributed by atoms with Crippen molar-refractivity contribution in [3.63, 3.8) is 0 Å². The van der Waals surface area contributed by atoms with E-state index >= 15 is 0 Å². The number of furan rings is 1. The van der Waals surface area contributed by atoms with E-state index in [0.717, 1.165) is 6.42 Å². The summed E-state index contributed by atoms with van der Waals surface area (Å²) in [6.45, 7) is 0.664. The minimum Gasteiger partial charge on any atom is -0.451 e. The van der Waals surface area contributed by atoms with Gasteiger partial charge in [-0.15, -0.1) is 11.3 Å². The highest BCUT2D eigenvalue weighted by Crippen LogP contribution is 2.22. The molecule has 2 aromatic heterocycles. The molecular weight excluding hydrogens is 373 g/mol. The van der Waals surface area contributed by atoms with Crippen molar-refractivity contribution in [3.05, 3.63) is 70.4 Å². The lowest BCUT2D eigenvalue weighted by molar-refractivity contribution is 0.0916. The van der Waals surface area contributed by atoms with Gasteiger partial charge in [-0.05, 0) is 66.5 Å². The Balaban J connectivity index is 1.46. The van der Waals surface area contributed by atoms with Crippen LogP contribution in [-0.4, -0.2) is 17.6 Å². The first-order chi connectivity index (χ1) is 12.6. The molecule has 0 unspecified atom stereocenters. The van der Waals surface area contributed by atoms with Crippen molar-refractivity contribution in [3.8, 4) is 11.3 Å². The summed E-state index contributed by atoms with van der Waals surface area (Å²) in [5, 5.41) is 5.35. The minimum absolute atomic E-state index is 0.123. The molecule has 5 nitrogen and oxygen atoms in total. The van der Waals surface area contributed by atoms with Gasteiger partial charge < -0.3 is 9.73 Å². The molecule has 1 amide bonds. The SMILES string of the molecule is O=C(NNC(=S)NCCc1cccs1)c1ccc(-c2ccc(F)cc2)o1. The molecule has 0 saturated heterocycles. The van der Waals surface area contributed by atoms with Crippen LogP contribution in [0.15, 0.2) is 58.3 Å². The van der Waals surface area contributed by atoms with Crippen LogP contribution in [0.4, 0.5) is 4.39 Å². The number of hydrogen-bond donors (Lipinski definition) is 3. The van der Waals surface area contributed by atoms with Crippen LogP contribution >= 0.6 is 23.6 Å². The predicted molar refractivity (Wildman–Crippen MR) is 103 cm³/mol. The van der Waals surface area contributed by atoms with Crippen molar-refractivity contribution in [2.75, 3.05) is 6.54 Å². The Bertz CT molecular complexity index is 876. The maximum absolute atomic E-state index is 13.0. The second kappa shape index (κ2) is 8.59. The number of hydrazine groups is 1. The van der Waals surface area contributed by atoms with Gasteiger partial charge in [0.2, 0.25) is 0 Å². The van der Waals surface area contributed by atoms with Gasteiger partial charge in [-0.25, -0.2) is 4.39 Å². The monoisotopic (exact) mass is 389 g/mol. The van der Waals surface area contributed by atoms with E-state index in [1.54, 1.807) is 35.6 Å². The van der Waals surface area contributed by atoms with Gasteiger partial charge in [0, 0.05) is 17.0 Å². The molecule has 1 aromatic carbocycles. The largest absolute Gasteiger partial charge is 0.451 e. The Morgan fingerprint density at radius 2 is 1.92 bits per heavy atom. The number of benzene rings is 1. The first-order valence-corrected chi connectivity index (χ1v) is 9.13. The zero-order valence-corrected chi connectivity index (χ0v) is 15.3. The molecule has 8 heteroatoms. The molecule has 3 aromatic rings. The molecule has 0 spiro atoms. The highest BCUT2D eigenvalue weighted by Gasteiger charge is 2.12. The highest BCUT2D eigenvalue weighted by atomic mass is 32.1. The first kappa shape index (κ1) is 18.1. The Hall–Kier alpha value is -2.71. The second-order valence-electron chi connectivity index (χ2n) is 5.34. The fourth-order valence-electron chi connectivity index (χ4n) is 2.20. The molecule has 3 rings (SSSR count). The Labute approximate surface area is 159 Å². The van der Waals surface area contributed by atoms with Crippen LogP contribution in [0.1, 0.15) is 15.4 Å². The predicted octanol–water partition coefficient (Wildman–Crippen LogP) is 3.50. The summed E-state index contributed by atoms with van der Waals surface area (Å²) in [7, 11) is 0. The summed E-state index contributed by atoms with van der Waals surface area (Å²) in [5.74, 6) is -0.187. The number of thiophene rings is 1. The number of hydrogen-bond acceptors (Lipinski definition) is 4. The third kappa shape index (κ3) is 4.90. The van der Waals surface area contributed by atoms with E-state index in [1.165, 1.54) is 17.0 Å². The van der Waals surface area contributed by atoms with Crippen LogP contribution in [0.5, 0.6) is 0 Å². The van der Waals surface area contributed by atoms with Crippen LogP contribution < -0.4 is 16.2 Å². The lowest BCUT2D eigenvalue weighted by Crippen LogP contribution is -2.47. The fraction of sp³-hybridized carbons (Fsp3) is 0.111. The molecule has 3 N–H and O–H groups in total. The Kier molecular flexibility index (Phi) is 5.98. The topological polar surface area (TPSA) is 66.3 Å². The molecule has 0 atom stereocenters. The summed E-state index contributed by atoms with van der Waals surface area (Å²) < 4.78 is 18.5. The van der Waals surface area contributed by atoms with E-state index in [-0.39, 0.29) is 11.6 Å². The third-order valence-corrected chi connectivity index (χ3v) is 4.67. The van der Waals surface area contributed by atoms with Crippen molar-refractivity contribution in [1.29, 1.82) is 0 Å². The van der Waals surface area contributed by atoms with E-state index in [2.05, 4.69) is 22.2 Å². The van der Waals surface area contributed by atoms with Crippen molar-refractivity contribution < 1.29 is 13.6 Å². The van der Waals surface area contributed by atoms with Gasteiger partial charge in [-0.2, -0.15) is 0 Å². The number of carbonyl (C=O) groups excluding carboxylic acids is 1. The number of carbonyl (C=O) groups is 1. The summed E-state index contributed by atoms with van der Waals surface area (Å²) >= 11 is 6.80. The van der Waals surface area contributed by atoms with Gasteiger partial charge in [0.1, 0.15) is 11.6 Å². The smallest absolute Gasteiger partial charge is 0.305 e. The van der Waals surface area contributed by atoms with Gasteiger partial charge in [0.15, 0.2) is 10.9 Å². The maximum Gasteiger partial charge on any atom is 0.305 e. The van der Waals surface area contributed by atoms with Gasteiger partial charge in [-0.3, -0.25) is 15.6 Å². The second-order valence-corrected chi connectivity index (χ2v) is 6.78. The number of halogens is 1. The van der Waals surface area contributed by atoms with Crippen molar-refractivity contribution in [2.24, 2.45) is 0 Å². The van der Waals surface area contributed by atoms with Crippen LogP contribution in [-0.2, 0) is 6.42 Å². The summed E-state index contributed by atoms with van der Waals surface area (Å²) in [5.41, 5.74) is 5.79. The van der Waals surface area contributed by atoms with Gasteiger partial charge in [0.05, 0.1) is 0 Å². The molecule has 0 aliphatic heterocycles. The summed E-state index contributed by atoms with van der Waals surface area (Å²) in [4.78, 5) is 13.4. The molecule has 0 saturated carbocycles. The highest BCUT2D eigenvalue weighted by molar-refractivity contribution is 7.80. The first-order valence-electron chi connectivity index (χ1n) is 7.84. The zero-order valence-electron chi connectivity index (χ0n) is 13.6. The van der Waals surface area contributed by atoms with Crippen molar-refractivity contribution in [1.82, 2.24) is 16.2 Å². The number of amides is 1. The molecule has 26 heavy (non-hydrogen) atoms. The van der Waals surface area contributed by atoms with E-state index in [4.69, 9.17) is 16.6 Å². The number of thiocarbonyl (C=S) groups is 1. The van der Waals surface area contributed by atoms with E-state index in [9.17, 15) is 9.18 Å². The molecule has 0 fully saturated rings. The quantitative estimate of drug-likeness (QED) is 0.460. The Morgan fingerprint density at radius 1 is 1.12 bits per heavy atom. The third-order valence-electron chi connectivity index (χ3n) is 3.49. The average molecular weight is 389 g/mol. The Morgan fingerprint density at radius 3 is 2.65 bits per heavy atom. The van der Waals surface area contributed by atoms with E-state index < -0.39 is 5.91 Å². The number of nitrogens with one attached hydrogen (secondary N) is 3. The van der Waals surface area contributed by atoms with Crippen LogP contribution in [0.25, 0.3) is 11.3 Å².